The van der Waals surface area contributed by atoms with Gasteiger partial charge >= 0.3 is 5.97 Å². The van der Waals surface area contributed by atoms with Crippen molar-refractivity contribution >= 4 is 23.0 Å². The van der Waals surface area contributed by atoms with Crippen molar-refractivity contribution in [3.05, 3.63) is 51.7 Å². The number of carboxylic acid groups (broad SMARTS) is 1. The zero-order valence-electron chi connectivity index (χ0n) is 8.81. The molecular formula is C13H9NO2S. The highest BCUT2D eigenvalue weighted by atomic mass is 32.1. The number of carbonyl (C=O) groups is 1. The zero-order valence-corrected chi connectivity index (χ0v) is 9.62. The molecule has 0 saturated heterocycles. The molecule has 0 spiro atoms. The van der Waals surface area contributed by atoms with E-state index in [-0.39, 0.29) is 5.56 Å². The Hall–Kier alpha value is -2.25. The minimum absolute atomic E-state index is 0.171. The molecule has 1 aromatic heterocycles. The van der Waals surface area contributed by atoms with Crippen LogP contribution in [-0.2, 0) is 0 Å². The second-order valence-electron chi connectivity index (χ2n) is 3.33. The molecular weight excluding hydrogens is 234 g/mol. The summed E-state index contributed by atoms with van der Waals surface area (Å²) in [6, 6.07) is 8.38. The van der Waals surface area contributed by atoms with Crippen LogP contribution in [0.25, 0.3) is 0 Å². The molecule has 2 aromatic rings. The average Bonchev–Trinajstić information content (AvgIpc) is 2.80. The van der Waals surface area contributed by atoms with Gasteiger partial charge in [-0.15, -0.1) is 11.3 Å². The molecule has 0 bridgehead atoms. The molecule has 0 aliphatic carbocycles. The van der Waals surface area contributed by atoms with Gasteiger partial charge < -0.3 is 10.8 Å². The van der Waals surface area contributed by atoms with Crippen molar-refractivity contribution in [1.82, 2.24) is 0 Å². The van der Waals surface area contributed by atoms with Crippen LogP contribution in [-0.4, -0.2) is 11.1 Å². The number of thiophene rings is 1. The maximum absolute atomic E-state index is 10.7. The van der Waals surface area contributed by atoms with Gasteiger partial charge in [-0.3, -0.25) is 0 Å². The van der Waals surface area contributed by atoms with Gasteiger partial charge in [0.15, 0.2) is 0 Å². The van der Waals surface area contributed by atoms with Gasteiger partial charge in [0.2, 0.25) is 0 Å². The van der Waals surface area contributed by atoms with Gasteiger partial charge in [0, 0.05) is 11.3 Å². The van der Waals surface area contributed by atoms with Crippen molar-refractivity contribution in [2.75, 3.05) is 5.73 Å². The van der Waals surface area contributed by atoms with Crippen molar-refractivity contribution in [3.63, 3.8) is 0 Å². The Kier molecular flexibility index (Phi) is 3.12. The third-order valence-electron chi connectivity index (χ3n) is 2.14. The lowest BCUT2D eigenvalue weighted by atomic mass is 10.1. The standard InChI is InChI=1S/C13H9NO2S/c14-12-8-10(13(15)16)4-3-9(12)5-6-11-2-1-7-17-11/h1-4,7-8H,14H2,(H,15,16). The summed E-state index contributed by atoms with van der Waals surface area (Å²) in [5, 5.41) is 10.7. The van der Waals surface area contributed by atoms with E-state index in [1.54, 1.807) is 17.4 Å². The van der Waals surface area contributed by atoms with Crippen LogP contribution in [0.5, 0.6) is 0 Å². The lowest BCUT2D eigenvalue weighted by Gasteiger charge is -1.99. The van der Waals surface area contributed by atoms with Crippen molar-refractivity contribution < 1.29 is 9.90 Å². The number of nitrogens with two attached hydrogens (primary N) is 1. The summed E-state index contributed by atoms with van der Waals surface area (Å²) < 4.78 is 0. The highest BCUT2D eigenvalue weighted by Crippen LogP contribution is 2.14. The van der Waals surface area contributed by atoms with Crippen molar-refractivity contribution in [2.45, 2.75) is 0 Å². The number of hydrogen-bond donors (Lipinski definition) is 2. The Morgan fingerprint density at radius 1 is 1.29 bits per heavy atom. The van der Waals surface area contributed by atoms with E-state index in [9.17, 15) is 4.79 Å². The van der Waals surface area contributed by atoms with E-state index < -0.39 is 5.97 Å². The van der Waals surface area contributed by atoms with Crippen LogP contribution >= 0.6 is 11.3 Å². The van der Waals surface area contributed by atoms with Crippen LogP contribution in [0.4, 0.5) is 5.69 Å². The average molecular weight is 243 g/mol. The van der Waals surface area contributed by atoms with Crippen LogP contribution < -0.4 is 5.73 Å². The smallest absolute Gasteiger partial charge is 0.335 e. The fourth-order valence-corrected chi connectivity index (χ4v) is 1.86. The highest BCUT2D eigenvalue weighted by Gasteiger charge is 2.04. The first-order valence-corrected chi connectivity index (χ1v) is 5.73. The molecule has 1 heterocycles. The molecule has 84 valence electrons. The van der Waals surface area contributed by atoms with Gasteiger partial charge in [-0.25, -0.2) is 4.79 Å². The fourth-order valence-electron chi connectivity index (χ4n) is 1.29. The summed E-state index contributed by atoms with van der Waals surface area (Å²) in [4.78, 5) is 11.7. The van der Waals surface area contributed by atoms with E-state index in [1.807, 2.05) is 17.5 Å². The van der Waals surface area contributed by atoms with E-state index >= 15 is 0 Å². The molecule has 4 heteroatoms. The maximum atomic E-state index is 10.7. The Bertz CT molecular complexity index is 606. The number of aromatic carboxylic acids is 1. The minimum Gasteiger partial charge on any atom is -0.478 e. The first-order valence-electron chi connectivity index (χ1n) is 4.85. The number of carboxylic acids is 1. The van der Waals surface area contributed by atoms with Crippen LogP contribution in [0.3, 0.4) is 0 Å². The first kappa shape index (κ1) is 11.2. The molecule has 0 amide bonds. The number of benzene rings is 1. The van der Waals surface area contributed by atoms with Crippen LogP contribution in [0.1, 0.15) is 20.8 Å². The topological polar surface area (TPSA) is 63.3 Å². The van der Waals surface area contributed by atoms with Crippen LogP contribution in [0, 0.1) is 11.8 Å². The van der Waals surface area contributed by atoms with E-state index in [0.717, 1.165) is 4.88 Å². The van der Waals surface area contributed by atoms with Gasteiger partial charge in [-0.2, -0.15) is 0 Å². The fraction of sp³-hybridized carbons (Fsp3) is 0. The summed E-state index contributed by atoms with van der Waals surface area (Å²) >= 11 is 1.55. The first-order chi connectivity index (χ1) is 8.16. The summed E-state index contributed by atoms with van der Waals surface area (Å²) in [5.74, 6) is 4.90. The lowest BCUT2D eigenvalue weighted by molar-refractivity contribution is 0.0697. The third-order valence-corrected chi connectivity index (χ3v) is 2.93. The molecule has 0 fully saturated rings. The molecule has 0 saturated carbocycles. The molecule has 17 heavy (non-hydrogen) atoms. The normalized spacial score (nSPS) is 9.41. The van der Waals surface area contributed by atoms with Crippen molar-refractivity contribution in [3.8, 4) is 11.8 Å². The molecule has 3 N–H and O–H groups in total. The molecule has 3 nitrogen and oxygen atoms in total. The summed E-state index contributed by atoms with van der Waals surface area (Å²) in [5.41, 5.74) is 6.93. The van der Waals surface area contributed by atoms with Gasteiger partial charge in [-0.1, -0.05) is 17.9 Å². The molecule has 0 aliphatic rings. The van der Waals surface area contributed by atoms with Gasteiger partial charge in [-0.05, 0) is 29.6 Å². The summed E-state index contributed by atoms with van der Waals surface area (Å²) in [6.07, 6.45) is 0. The lowest BCUT2D eigenvalue weighted by Crippen LogP contribution is -1.99. The van der Waals surface area contributed by atoms with Crippen LogP contribution in [0.15, 0.2) is 35.7 Å². The van der Waals surface area contributed by atoms with E-state index in [0.29, 0.717) is 11.3 Å². The molecule has 1 aromatic carbocycles. The monoisotopic (exact) mass is 243 g/mol. The minimum atomic E-state index is -0.991. The predicted molar refractivity (Wildman–Crippen MR) is 68.1 cm³/mol. The van der Waals surface area contributed by atoms with Crippen LogP contribution in [0.2, 0.25) is 0 Å². The number of anilines is 1. The second kappa shape index (κ2) is 4.73. The summed E-state index contributed by atoms with van der Waals surface area (Å²) in [7, 11) is 0. The third kappa shape index (κ3) is 2.65. The molecule has 0 radical (unpaired) electrons. The van der Waals surface area contributed by atoms with Crippen molar-refractivity contribution in [1.29, 1.82) is 0 Å². The Labute approximate surface area is 103 Å². The van der Waals surface area contributed by atoms with Gasteiger partial charge in [0.1, 0.15) is 0 Å². The second-order valence-corrected chi connectivity index (χ2v) is 4.28. The molecule has 0 aliphatic heterocycles. The Morgan fingerprint density at radius 3 is 2.71 bits per heavy atom. The zero-order chi connectivity index (χ0) is 12.3. The van der Waals surface area contributed by atoms with E-state index in [1.165, 1.54) is 12.1 Å². The van der Waals surface area contributed by atoms with Gasteiger partial charge in [0.05, 0.1) is 10.4 Å². The van der Waals surface area contributed by atoms with Crippen molar-refractivity contribution in [2.24, 2.45) is 0 Å². The Balaban J connectivity index is 2.31. The SMILES string of the molecule is Nc1cc(C(=O)O)ccc1C#Cc1cccs1. The molecule has 2 rings (SSSR count). The van der Waals surface area contributed by atoms with Gasteiger partial charge in [0.25, 0.3) is 0 Å². The number of rotatable bonds is 1. The number of nitrogen functional groups attached to an aromatic ring is 1. The number of hydrogen-bond acceptors (Lipinski definition) is 3. The predicted octanol–water partition coefficient (Wildman–Crippen LogP) is 2.43. The van der Waals surface area contributed by atoms with E-state index in [4.69, 9.17) is 10.8 Å². The molecule has 0 unspecified atom stereocenters. The molecule has 0 atom stereocenters. The quantitative estimate of drug-likeness (QED) is 0.597. The summed E-state index contributed by atoms with van der Waals surface area (Å²) in [6.45, 7) is 0. The maximum Gasteiger partial charge on any atom is 0.335 e. The largest absolute Gasteiger partial charge is 0.478 e. The highest BCUT2D eigenvalue weighted by molar-refractivity contribution is 7.10. The van der Waals surface area contributed by atoms with E-state index in [2.05, 4.69) is 11.8 Å². The Morgan fingerprint density at radius 2 is 2.12 bits per heavy atom.